The number of benzene rings is 2. The fraction of sp³-hybridized carbons (Fsp3) is 0.320. The molecule has 0 saturated heterocycles. The van der Waals surface area contributed by atoms with Gasteiger partial charge in [0.15, 0.2) is 0 Å². The van der Waals surface area contributed by atoms with Crippen LogP contribution in [-0.2, 0) is 16.0 Å². The maximum Gasteiger partial charge on any atom is 0.243 e. The molecule has 2 aromatic carbocycles. The number of aromatic nitrogens is 1. The Bertz CT molecular complexity index is 1090. The topological polar surface area (TPSA) is 97.1 Å². The zero-order valence-electron chi connectivity index (χ0n) is 19.0. The van der Waals surface area contributed by atoms with E-state index < -0.39 is 6.04 Å². The molecule has 0 spiro atoms. The molecule has 0 aliphatic carbocycles. The Kier molecular flexibility index (Phi) is 8.30. The summed E-state index contributed by atoms with van der Waals surface area (Å²) < 4.78 is 13.3. The maximum absolute atomic E-state index is 13.3. The van der Waals surface area contributed by atoms with E-state index in [1.54, 1.807) is 19.1 Å². The molecule has 1 heterocycles. The number of carbonyl (C=O) groups is 2. The molecule has 1 unspecified atom stereocenters. The van der Waals surface area contributed by atoms with Crippen LogP contribution in [0.5, 0.6) is 0 Å². The summed E-state index contributed by atoms with van der Waals surface area (Å²) in [6.45, 7) is 5.45. The Hall–Kier alpha value is -3.10. The number of aryl methyl sites for hydroxylation is 1. The summed E-state index contributed by atoms with van der Waals surface area (Å²) in [4.78, 5) is 30.7. The predicted octanol–water partition coefficient (Wildman–Crippen LogP) is 3.90. The molecule has 3 aromatic rings. The van der Waals surface area contributed by atoms with Crippen LogP contribution in [0.1, 0.15) is 42.6 Å². The lowest BCUT2D eigenvalue weighted by Crippen LogP contribution is -2.52. The number of nitrogens with two attached hydrogens (primary N) is 1. The number of hydrogen-bond acceptors (Lipinski definition) is 5. The zero-order chi connectivity index (χ0) is 24.0. The first kappa shape index (κ1) is 24.5. The average molecular weight is 469 g/mol. The molecule has 3 rings (SSSR count). The number of amides is 2. The van der Waals surface area contributed by atoms with Gasteiger partial charge in [0.2, 0.25) is 11.8 Å². The normalized spacial score (nSPS) is 13.7. The van der Waals surface area contributed by atoms with Crippen molar-refractivity contribution in [3.8, 4) is 10.4 Å². The first-order chi connectivity index (χ1) is 15.8. The van der Waals surface area contributed by atoms with Crippen molar-refractivity contribution in [2.75, 3.05) is 0 Å². The highest BCUT2D eigenvalue weighted by Gasteiger charge is 2.26. The molecule has 0 saturated carbocycles. The summed E-state index contributed by atoms with van der Waals surface area (Å²) in [6, 6.07) is 14.3. The van der Waals surface area contributed by atoms with E-state index in [0.717, 1.165) is 21.7 Å². The number of nitrogens with one attached hydrogen (secondary N) is 2. The highest BCUT2D eigenvalue weighted by atomic mass is 32.1. The van der Waals surface area contributed by atoms with Gasteiger partial charge in [-0.2, -0.15) is 0 Å². The highest BCUT2D eigenvalue weighted by Crippen LogP contribution is 2.30. The Labute approximate surface area is 197 Å². The molecule has 1 aromatic heterocycles. The van der Waals surface area contributed by atoms with Crippen LogP contribution in [0.25, 0.3) is 10.4 Å². The van der Waals surface area contributed by atoms with Crippen molar-refractivity contribution in [2.24, 2.45) is 5.73 Å². The van der Waals surface area contributed by atoms with Crippen LogP contribution >= 0.6 is 11.3 Å². The molecule has 4 N–H and O–H groups in total. The van der Waals surface area contributed by atoms with Crippen molar-refractivity contribution < 1.29 is 14.0 Å². The van der Waals surface area contributed by atoms with E-state index in [9.17, 15) is 14.0 Å². The molecule has 0 radical (unpaired) electrons. The summed E-state index contributed by atoms with van der Waals surface area (Å²) >= 11 is 1.43. The van der Waals surface area contributed by atoms with Gasteiger partial charge in [0.25, 0.3) is 0 Å². The first-order valence-electron chi connectivity index (χ1n) is 10.9. The molecule has 6 nitrogen and oxygen atoms in total. The molecule has 3 atom stereocenters. The van der Waals surface area contributed by atoms with Gasteiger partial charge in [0, 0.05) is 24.9 Å². The second-order valence-electron chi connectivity index (χ2n) is 7.94. The predicted molar refractivity (Wildman–Crippen MR) is 129 cm³/mol. The smallest absolute Gasteiger partial charge is 0.243 e. The minimum atomic E-state index is -0.783. The molecular weight excluding hydrogens is 439 g/mol. The van der Waals surface area contributed by atoms with Gasteiger partial charge in [-0.25, -0.2) is 9.37 Å². The van der Waals surface area contributed by atoms with E-state index in [4.69, 9.17) is 5.73 Å². The van der Waals surface area contributed by atoms with E-state index in [1.807, 2.05) is 44.2 Å². The number of carbonyl (C=O) groups excluding carboxylic acids is 2. The summed E-state index contributed by atoms with van der Waals surface area (Å²) in [5.41, 5.74) is 8.90. The van der Waals surface area contributed by atoms with Crippen LogP contribution in [0.2, 0.25) is 0 Å². The van der Waals surface area contributed by atoms with Crippen molar-refractivity contribution in [3.05, 3.63) is 76.7 Å². The molecule has 174 valence electrons. The highest BCUT2D eigenvalue weighted by molar-refractivity contribution is 7.15. The summed E-state index contributed by atoms with van der Waals surface area (Å²) in [5, 5.41) is 6.46. The molecule has 33 heavy (non-hydrogen) atoms. The van der Waals surface area contributed by atoms with Gasteiger partial charge in [-0.05, 0) is 37.1 Å². The van der Waals surface area contributed by atoms with Crippen LogP contribution in [0.3, 0.4) is 0 Å². The minimum absolute atomic E-state index is 0.220. The number of hydrogen-bond donors (Lipinski definition) is 3. The van der Waals surface area contributed by atoms with Crippen LogP contribution in [0, 0.1) is 12.7 Å². The molecule has 0 fully saturated rings. The van der Waals surface area contributed by atoms with E-state index in [0.29, 0.717) is 5.01 Å². The lowest BCUT2D eigenvalue weighted by molar-refractivity contribution is -0.129. The van der Waals surface area contributed by atoms with Crippen molar-refractivity contribution in [3.63, 3.8) is 0 Å². The van der Waals surface area contributed by atoms with Gasteiger partial charge in [-0.1, -0.05) is 49.4 Å². The van der Waals surface area contributed by atoms with Crippen LogP contribution in [-0.4, -0.2) is 28.9 Å². The van der Waals surface area contributed by atoms with E-state index >= 15 is 0 Å². The van der Waals surface area contributed by atoms with Crippen LogP contribution in [0.4, 0.5) is 4.39 Å². The van der Waals surface area contributed by atoms with Gasteiger partial charge in [0.05, 0.1) is 15.6 Å². The monoisotopic (exact) mass is 468 g/mol. The van der Waals surface area contributed by atoms with Gasteiger partial charge >= 0.3 is 0 Å². The van der Waals surface area contributed by atoms with Crippen LogP contribution < -0.4 is 16.4 Å². The van der Waals surface area contributed by atoms with Crippen LogP contribution in [0.15, 0.2) is 54.6 Å². The Morgan fingerprint density at radius 1 is 1.09 bits per heavy atom. The Morgan fingerprint density at radius 2 is 1.76 bits per heavy atom. The molecule has 0 bridgehead atoms. The van der Waals surface area contributed by atoms with Gasteiger partial charge in [-0.15, -0.1) is 11.3 Å². The van der Waals surface area contributed by atoms with Gasteiger partial charge in [0.1, 0.15) is 11.9 Å². The molecular formula is C25H29FN4O2S. The maximum atomic E-state index is 13.3. The SMILES string of the molecule is CCC(=O)N[C@@H](Cc1nc(C)c(-c2ccc(F)cc2)s1)C(=O)NC(C)[C@@H](N)c1ccccc1. The fourth-order valence-corrected chi connectivity index (χ4v) is 4.58. The summed E-state index contributed by atoms with van der Waals surface area (Å²) in [5.74, 6) is -0.836. The Morgan fingerprint density at radius 3 is 2.39 bits per heavy atom. The molecule has 2 amide bonds. The van der Waals surface area contributed by atoms with Crippen molar-refractivity contribution in [1.29, 1.82) is 0 Å². The third-order valence-electron chi connectivity index (χ3n) is 5.39. The molecule has 0 aliphatic heterocycles. The van der Waals surface area contributed by atoms with Gasteiger partial charge < -0.3 is 16.4 Å². The number of rotatable bonds is 9. The summed E-state index contributed by atoms with van der Waals surface area (Å²) in [6.07, 6.45) is 0.512. The fourth-order valence-electron chi connectivity index (χ4n) is 3.47. The van der Waals surface area contributed by atoms with Crippen molar-refractivity contribution in [2.45, 2.75) is 51.7 Å². The molecule has 8 heteroatoms. The largest absolute Gasteiger partial charge is 0.350 e. The average Bonchev–Trinajstić information content (AvgIpc) is 3.18. The minimum Gasteiger partial charge on any atom is -0.350 e. The van der Waals surface area contributed by atoms with E-state index in [2.05, 4.69) is 15.6 Å². The third-order valence-corrected chi connectivity index (χ3v) is 6.62. The quantitative estimate of drug-likeness (QED) is 0.444. The standard InChI is InChI=1S/C25H29FN4O2S/c1-4-21(31)30-20(25(32)29-15(2)23(27)17-8-6-5-7-9-17)14-22-28-16(3)24(33-22)18-10-12-19(26)13-11-18/h5-13,15,20,23H,4,14,27H2,1-3H3,(H,29,32)(H,30,31)/t15?,20-,23+/m0/s1. The number of halogens is 1. The molecule has 0 aliphatic rings. The second kappa shape index (κ2) is 11.2. The zero-order valence-corrected chi connectivity index (χ0v) is 19.8. The third kappa shape index (κ3) is 6.46. The van der Waals surface area contributed by atoms with E-state index in [1.165, 1.54) is 23.5 Å². The lowest BCUT2D eigenvalue weighted by Gasteiger charge is -2.25. The Balaban J connectivity index is 1.75. The van der Waals surface area contributed by atoms with Gasteiger partial charge in [-0.3, -0.25) is 9.59 Å². The van der Waals surface area contributed by atoms with Crippen molar-refractivity contribution >= 4 is 23.2 Å². The second-order valence-corrected chi connectivity index (χ2v) is 9.02. The first-order valence-corrected chi connectivity index (χ1v) is 11.7. The van der Waals surface area contributed by atoms with E-state index in [-0.39, 0.29) is 42.6 Å². The van der Waals surface area contributed by atoms with Crippen molar-refractivity contribution in [1.82, 2.24) is 15.6 Å². The summed E-state index contributed by atoms with van der Waals surface area (Å²) in [7, 11) is 0. The number of thiazole rings is 1. The number of nitrogens with zero attached hydrogens (tertiary/aromatic N) is 1. The lowest BCUT2D eigenvalue weighted by atomic mass is 10.0.